The molecule has 0 amide bonds. The number of carboxylic acids is 1. The van der Waals surface area contributed by atoms with Gasteiger partial charge >= 0.3 is 5.97 Å². The van der Waals surface area contributed by atoms with Gasteiger partial charge in [-0.3, -0.25) is 0 Å². The van der Waals surface area contributed by atoms with E-state index >= 15 is 0 Å². The minimum Gasteiger partial charge on any atom is -0.478 e. The Morgan fingerprint density at radius 3 is 2.67 bits per heavy atom. The van der Waals surface area contributed by atoms with E-state index in [1.807, 2.05) is 36.4 Å². The van der Waals surface area contributed by atoms with Crippen molar-refractivity contribution in [2.45, 2.75) is 0 Å². The second kappa shape index (κ2) is 4.00. The maximum absolute atomic E-state index is 11.0. The molecule has 76 valence electrons. The molecule has 0 spiro atoms. The highest BCUT2D eigenvalue weighted by Gasteiger charge is 2.16. The van der Waals surface area contributed by atoms with Gasteiger partial charge in [-0.1, -0.05) is 36.4 Å². The van der Waals surface area contributed by atoms with Crippen LogP contribution in [0.15, 0.2) is 48.2 Å². The van der Waals surface area contributed by atoms with Crippen LogP contribution in [0, 0.1) is 0 Å². The molecule has 0 bridgehead atoms. The molecule has 0 fully saturated rings. The number of benzene rings is 1. The highest BCUT2D eigenvalue weighted by Crippen LogP contribution is 2.24. The third-order valence-corrected chi connectivity index (χ3v) is 2.28. The van der Waals surface area contributed by atoms with E-state index in [9.17, 15) is 4.79 Å². The normalized spacial score (nSPS) is 14.9. The van der Waals surface area contributed by atoms with Gasteiger partial charge in [0.25, 0.3) is 0 Å². The fourth-order valence-corrected chi connectivity index (χ4v) is 1.58. The van der Waals surface area contributed by atoms with E-state index in [2.05, 4.69) is 5.32 Å². The van der Waals surface area contributed by atoms with E-state index in [1.54, 1.807) is 6.20 Å². The standard InChI is InChI=1S/C12H11NO2/c14-12(15)11-8-13-7-6-10(11)9-4-2-1-3-5-9/h1-6,8,13H,7H2,(H,14,15). The molecule has 1 aromatic rings. The lowest BCUT2D eigenvalue weighted by molar-refractivity contribution is -0.132. The van der Waals surface area contributed by atoms with Crippen molar-refractivity contribution in [1.29, 1.82) is 0 Å². The van der Waals surface area contributed by atoms with Crippen LogP contribution in [-0.4, -0.2) is 17.6 Å². The van der Waals surface area contributed by atoms with Crippen LogP contribution < -0.4 is 5.32 Å². The summed E-state index contributed by atoms with van der Waals surface area (Å²) in [4.78, 5) is 11.0. The van der Waals surface area contributed by atoms with Crippen molar-refractivity contribution in [3.05, 3.63) is 53.7 Å². The summed E-state index contributed by atoms with van der Waals surface area (Å²) in [5.41, 5.74) is 2.03. The van der Waals surface area contributed by atoms with Crippen LogP contribution in [0.2, 0.25) is 0 Å². The number of hydrogen-bond donors (Lipinski definition) is 2. The summed E-state index contributed by atoms with van der Waals surface area (Å²) in [6.07, 6.45) is 3.43. The highest BCUT2D eigenvalue weighted by atomic mass is 16.4. The molecule has 0 atom stereocenters. The van der Waals surface area contributed by atoms with Gasteiger partial charge in [0, 0.05) is 12.7 Å². The van der Waals surface area contributed by atoms with Crippen molar-refractivity contribution in [2.24, 2.45) is 0 Å². The average Bonchev–Trinajstić information content (AvgIpc) is 2.30. The molecule has 2 rings (SSSR count). The van der Waals surface area contributed by atoms with Crippen molar-refractivity contribution in [3.63, 3.8) is 0 Å². The Hall–Kier alpha value is -2.03. The molecule has 0 saturated heterocycles. The summed E-state index contributed by atoms with van der Waals surface area (Å²) in [6.45, 7) is 0.668. The van der Waals surface area contributed by atoms with Crippen molar-refractivity contribution in [1.82, 2.24) is 5.32 Å². The van der Waals surface area contributed by atoms with Crippen LogP contribution in [0.4, 0.5) is 0 Å². The zero-order valence-corrected chi connectivity index (χ0v) is 8.10. The van der Waals surface area contributed by atoms with Crippen LogP contribution in [0.1, 0.15) is 5.56 Å². The van der Waals surface area contributed by atoms with Gasteiger partial charge in [0.1, 0.15) is 0 Å². The van der Waals surface area contributed by atoms with Gasteiger partial charge in [0.05, 0.1) is 5.57 Å². The first kappa shape index (κ1) is 9.52. The lowest BCUT2D eigenvalue weighted by Crippen LogP contribution is -2.16. The molecule has 1 aromatic carbocycles. The third kappa shape index (κ3) is 1.91. The van der Waals surface area contributed by atoms with Crippen molar-refractivity contribution >= 4 is 11.5 Å². The lowest BCUT2D eigenvalue weighted by atomic mass is 9.97. The number of dihydropyridines is 1. The fraction of sp³-hybridized carbons (Fsp3) is 0.0833. The summed E-state index contributed by atoms with van der Waals surface area (Å²) in [5.74, 6) is -0.905. The Morgan fingerprint density at radius 1 is 1.27 bits per heavy atom. The molecule has 15 heavy (non-hydrogen) atoms. The maximum Gasteiger partial charge on any atom is 0.337 e. The molecule has 1 heterocycles. The first-order valence-corrected chi connectivity index (χ1v) is 4.72. The summed E-state index contributed by atoms with van der Waals surface area (Å²) in [6, 6.07) is 9.53. The van der Waals surface area contributed by atoms with Crippen molar-refractivity contribution < 1.29 is 9.90 Å². The molecule has 1 aliphatic heterocycles. The van der Waals surface area contributed by atoms with Crippen molar-refractivity contribution in [3.8, 4) is 0 Å². The van der Waals surface area contributed by atoms with E-state index in [0.717, 1.165) is 11.1 Å². The number of carboxylic acid groups (broad SMARTS) is 1. The molecule has 0 aromatic heterocycles. The zero-order chi connectivity index (χ0) is 10.7. The van der Waals surface area contributed by atoms with E-state index in [1.165, 1.54) is 0 Å². The molecule has 0 radical (unpaired) electrons. The van der Waals surface area contributed by atoms with E-state index < -0.39 is 5.97 Å². The third-order valence-electron chi connectivity index (χ3n) is 2.28. The molecule has 1 aliphatic rings. The first-order valence-electron chi connectivity index (χ1n) is 4.72. The molecular formula is C12H11NO2. The Labute approximate surface area is 87.7 Å². The predicted molar refractivity (Wildman–Crippen MR) is 58.1 cm³/mol. The van der Waals surface area contributed by atoms with Gasteiger partial charge in [-0.05, 0) is 11.1 Å². The molecule has 0 unspecified atom stereocenters. The van der Waals surface area contributed by atoms with Gasteiger partial charge < -0.3 is 10.4 Å². The number of carbonyl (C=O) groups is 1. The molecule has 0 aliphatic carbocycles. The number of hydrogen-bond acceptors (Lipinski definition) is 2. The Balaban J connectivity index is 2.40. The van der Waals surface area contributed by atoms with Gasteiger partial charge in [0.2, 0.25) is 0 Å². The Kier molecular flexibility index (Phi) is 2.54. The quantitative estimate of drug-likeness (QED) is 0.764. The molecule has 2 N–H and O–H groups in total. The highest BCUT2D eigenvalue weighted by molar-refractivity contribution is 6.05. The van der Waals surface area contributed by atoms with E-state index in [0.29, 0.717) is 12.1 Å². The molecule has 3 nitrogen and oxygen atoms in total. The maximum atomic E-state index is 11.0. The van der Waals surface area contributed by atoms with Gasteiger partial charge in [0.15, 0.2) is 0 Å². The minimum absolute atomic E-state index is 0.312. The van der Waals surface area contributed by atoms with E-state index in [-0.39, 0.29) is 0 Å². The smallest absolute Gasteiger partial charge is 0.337 e. The summed E-state index contributed by atoms with van der Waals surface area (Å²) in [7, 11) is 0. The molecular weight excluding hydrogens is 190 g/mol. The topological polar surface area (TPSA) is 49.3 Å². The monoisotopic (exact) mass is 201 g/mol. The SMILES string of the molecule is O=C(O)C1=CNCC=C1c1ccccc1. The zero-order valence-electron chi connectivity index (χ0n) is 8.10. The lowest BCUT2D eigenvalue weighted by Gasteiger charge is -2.14. The summed E-state index contributed by atoms with van der Waals surface area (Å²) in [5, 5.41) is 11.9. The second-order valence-corrected chi connectivity index (χ2v) is 3.26. The van der Waals surface area contributed by atoms with Crippen LogP contribution in [-0.2, 0) is 4.79 Å². The number of rotatable bonds is 2. The predicted octanol–water partition coefficient (Wildman–Crippen LogP) is 1.64. The Bertz CT molecular complexity index is 432. The molecule has 3 heteroatoms. The summed E-state index contributed by atoms with van der Waals surface area (Å²) < 4.78 is 0. The van der Waals surface area contributed by atoms with Gasteiger partial charge in [-0.2, -0.15) is 0 Å². The number of aliphatic carboxylic acids is 1. The minimum atomic E-state index is -0.905. The first-order chi connectivity index (χ1) is 7.29. The second-order valence-electron chi connectivity index (χ2n) is 3.26. The molecule has 0 saturated carbocycles. The number of nitrogens with one attached hydrogen (secondary N) is 1. The van der Waals surface area contributed by atoms with Crippen LogP contribution in [0.3, 0.4) is 0 Å². The Morgan fingerprint density at radius 2 is 2.00 bits per heavy atom. The largest absolute Gasteiger partial charge is 0.478 e. The van der Waals surface area contributed by atoms with Crippen molar-refractivity contribution in [2.75, 3.05) is 6.54 Å². The fourth-order valence-electron chi connectivity index (χ4n) is 1.58. The van der Waals surface area contributed by atoms with E-state index in [4.69, 9.17) is 5.11 Å². The van der Waals surface area contributed by atoms with Crippen LogP contribution in [0.5, 0.6) is 0 Å². The average molecular weight is 201 g/mol. The van der Waals surface area contributed by atoms with Gasteiger partial charge in [-0.25, -0.2) is 4.79 Å². The van der Waals surface area contributed by atoms with Crippen LogP contribution in [0.25, 0.3) is 5.57 Å². The van der Waals surface area contributed by atoms with Crippen LogP contribution >= 0.6 is 0 Å². The summed E-state index contributed by atoms with van der Waals surface area (Å²) >= 11 is 0. The van der Waals surface area contributed by atoms with Gasteiger partial charge in [-0.15, -0.1) is 0 Å².